The van der Waals surface area contributed by atoms with E-state index in [-0.39, 0.29) is 48.8 Å². The molecule has 1 aliphatic rings. The molecule has 2 N–H and O–H groups in total. The van der Waals surface area contributed by atoms with Crippen molar-refractivity contribution < 1.29 is 44.3 Å². The molecule has 2 rings (SSSR count). The molecule has 0 spiro atoms. The van der Waals surface area contributed by atoms with Gasteiger partial charge in [0.25, 0.3) is 5.56 Å². The molecule has 0 fully saturated rings. The zero-order valence-electron chi connectivity index (χ0n) is 29.5. The number of alkyl halides is 3. The molecule has 0 aromatic carbocycles. The van der Waals surface area contributed by atoms with Crippen LogP contribution in [0.5, 0.6) is 0 Å². The normalized spacial score (nSPS) is 15.2. The summed E-state index contributed by atoms with van der Waals surface area (Å²) in [7, 11) is 0. The van der Waals surface area contributed by atoms with Gasteiger partial charge in [0.2, 0.25) is 0 Å². The molecule has 1 atom stereocenters. The second-order valence-corrected chi connectivity index (χ2v) is 11.4. The largest absolute Gasteiger partial charge is 0.493 e. The van der Waals surface area contributed by atoms with Crippen molar-refractivity contribution in [2.24, 2.45) is 5.41 Å². The Kier molecular flexibility index (Phi) is 24.2. The SMILES string of the molecule is CC.CC.[CH-]=C(CCNC1c2n[nH]c(=O)c(C(F)(F)F)c2CC1(C)C)N(CCC)CCCCC/C(=C/C=C(/C#N)C=C)CCC.[U]. The summed E-state index contributed by atoms with van der Waals surface area (Å²) in [5.41, 5.74) is 0.00426. The third-order valence-electron chi connectivity index (χ3n) is 7.56. The Morgan fingerprint density at radius 2 is 1.76 bits per heavy atom. The maximum atomic E-state index is 13.6. The number of hydrogen-bond acceptors (Lipinski definition) is 5. The predicted molar refractivity (Wildman–Crippen MR) is 180 cm³/mol. The number of halogens is 3. The Morgan fingerprint density at radius 1 is 1.11 bits per heavy atom. The Bertz CT molecular complexity index is 1210. The van der Waals surface area contributed by atoms with Crippen molar-refractivity contribution in [3.05, 3.63) is 75.4 Å². The van der Waals surface area contributed by atoms with Crippen LogP contribution in [0.2, 0.25) is 0 Å². The number of hydrogen-bond donors (Lipinski definition) is 2. The fraction of sp³-hybridized carbons (Fsp3) is 0.639. The van der Waals surface area contributed by atoms with Crippen LogP contribution >= 0.6 is 0 Å². The fourth-order valence-corrected chi connectivity index (χ4v) is 5.49. The number of allylic oxidation sites excluding steroid dienone is 5. The van der Waals surface area contributed by atoms with Crippen LogP contribution < -0.4 is 10.9 Å². The van der Waals surface area contributed by atoms with Crippen LogP contribution in [-0.2, 0) is 12.6 Å². The van der Waals surface area contributed by atoms with Crippen LogP contribution in [0, 0.1) is 54.4 Å². The molecular weight excluding hydrogens is 813 g/mol. The monoisotopic (exact) mass is 871 g/mol. The summed E-state index contributed by atoms with van der Waals surface area (Å²) in [4.78, 5) is 14.1. The number of fused-ring (bicyclic) bond motifs is 1. The van der Waals surface area contributed by atoms with Crippen LogP contribution in [0.1, 0.15) is 130 Å². The molecule has 1 aromatic heterocycles. The smallest absolute Gasteiger partial charge is 0.422 e. The average Bonchev–Trinajstić information content (AvgIpc) is 3.26. The van der Waals surface area contributed by atoms with Crippen LogP contribution in [0.25, 0.3) is 0 Å². The minimum absolute atomic E-state index is 0. The van der Waals surface area contributed by atoms with E-state index in [1.165, 1.54) is 5.57 Å². The van der Waals surface area contributed by atoms with Gasteiger partial charge in [0.05, 0.1) is 23.4 Å². The number of nitriles is 1. The van der Waals surface area contributed by atoms with Gasteiger partial charge in [0.1, 0.15) is 5.56 Å². The molecule has 10 heteroatoms. The molecular formula is C36H57F3N5OU-. The molecule has 6 nitrogen and oxygen atoms in total. The summed E-state index contributed by atoms with van der Waals surface area (Å²) < 4.78 is 40.8. The van der Waals surface area contributed by atoms with Gasteiger partial charge in [-0.15, -0.1) is 0 Å². The van der Waals surface area contributed by atoms with Crippen molar-refractivity contribution in [3.8, 4) is 6.07 Å². The number of nitrogens with one attached hydrogen (secondary N) is 2. The van der Waals surface area contributed by atoms with Gasteiger partial charge in [-0.25, -0.2) is 5.10 Å². The second kappa shape index (κ2) is 24.1. The maximum Gasteiger partial charge on any atom is 0.422 e. The third kappa shape index (κ3) is 14.8. The number of rotatable bonds is 17. The molecule has 1 aromatic rings. The van der Waals surface area contributed by atoms with Crippen LogP contribution in [0.4, 0.5) is 13.2 Å². The second-order valence-electron chi connectivity index (χ2n) is 11.4. The van der Waals surface area contributed by atoms with Gasteiger partial charge in [0, 0.05) is 44.2 Å². The first kappa shape index (κ1) is 46.1. The summed E-state index contributed by atoms with van der Waals surface area (Å²) in [6, 6.07) is 1.69. The maximum absolute atomic E-state index is 13.6. The predicted octanol–water partition coefficient (Wildman–Crippen LogP) is 9.40. The van der Waals surface area contributed by atoms with Gasteiger partial charge in [-0.1, -0.05) is 92.5 Å². The van der Waals surface area contributed by atoms with E-state index in [9.17, 15) is 18.0 Å². The van der Waals surface area contributed by atoms with Gasteiger partial charge in [-0.2, -0.15) is 29.2 Å². The van der Waals surface area contributed by atoms with Gasteiger partial charge < -0.3 is 16.8 Å². The van der Waals surface area contributed by atoms with E-state index in [2.05, 4.69) is 41.8 Å². The van der Waals surface area contributed by atoms with E-state index in [1.54, 1.807) is 6.08 Å². The quantitative estimate of drug-likeness (QED) is 0.0706. The summed E-state index contributed by atoms with van der Waals surface area (Å²) in [6.45, 7) is 28.3. The molecule has 1 aliphatic carbocycles. The molecule has 0 saturated carbocycles. The molecule has 258 valence electrons. The molecule has 0 aliphatic heterocycles. The van der Waals surface area contributed by atoms with E-state index < -0.39 is 28.8 Å². The molecule has 0 amide bonds. The zero-order chi connectivity index (χ0) is 34.6. The molecule has 1 heterocycles. The first-order chi connectivity index (χ1) is 21.4. The van der Waals surface area contributed by atoms with E-state index >= 15 is 0 Å². The number of aromatic amines is 1. The minimum atomic E-state index is -4.73. The molecule has 0 bridgehead atoms. The first-order valence-electron chi connectivity index (χ1n) is 16.6. The van der Waals surface area contributed by atoms with Crippen molar-refractivity contribution in [2.45, 2.75) is 125 Å². The third-order valence-corrected chi connectivity index (χ3v) is 7.56. The summed E-state index contributed by atoms with van der Waals surface area (Å²) in [6.07, 6.45) is 8.51. The van der Waals surface area contributed by atoms with Crippen molar-refractivity contribution in [2.75, 3.05) is 19.6 Å². The van der Waals surface area contributed by atoms with E-state index in [4.69, 9.17) is 11.8 Å². The van der Waals surface area contributed by atoms with Crippen molar-refractivity contribution in [1.29, 1.82) is 5.26 Å². The van der Waals surface area contributed by atoms with E-state index in [0.29, 0.717) is 18.5 Å². The minimum Gasteiger partial charge on any atom is -0.493 e. The standard InChI is InChI=1S/C32H45F3N5O.2C2H6.U/c1-7-13-25(16-15-24(9-3)22-36)14-11-10-12-20-40(19-8-2)23(4)17-18-37-29-28-26(21-31(29,5)6)27(32(33,34)35)30(41)39-38-28;2*1-2;/h4,9,15-16,29,37H,3,7-8,10-14,17-21H2,1-2,5-6H3,(H,39,41);2*1-2H3;/q-1;;;/b24-15+,25-16+;;;. The Balaban J connectivity index is 0. The topological polar surface area (TPSA) is 84.8 Å². The van der Waals surface area contributed by atoms with Crippen LogP contribution in [0.15, 0.2) is 46.4 Å². The number of nitrogens with zero attached hydrogens (tertiary/aromatic N) is 3. The molecule has 46 heavy (non-hydrogen) atoms. The van der Waals surface area contributed by atoms with Gasteiger partial charge in [-0.05, 0) is 68.5 Å². The summed E-state index contributed by atoms with van der Waals surface area (Å²) in [5, 5.41) is 18.5. The average molecular weight is 871 g/mol. The van der Waals surface area contributed by atoms with Crippen molar-refractivity contribution in [1.82, 2.24) is 20.4 Å². The Labute approximate surface area is 300 Å². The number of unbranched alkanes of at least 4 members (excludes halogenated alkanes) is 2. The van der Waals surface area contributed by atoms with Gasteiger partial charge in [0.15, 0.2) is 0 Å². The fourth-order valence-electron chi connectivity index (χ4n) is 5.49. The summed E-state index contributed by atoms with van der Waals surface area (Å²) in [5.74, 6) is 0. The van der Waals surface area contributed by atoms with Crippen LogP contribution in [-0.4, -0.2) is 34.7 Å². The summed E-state index contributed by atoms with van der Waals surface area (Å²) >= 11 is 0. The number of H-pyrrole nitrogens is 1. The van der Waals surface area contributed by atoms with Gasteiger partial charge in [-0.3, -0.25) is 4.79 Å². The molecule has 0 radical (unpaired) electrons. The zero-order valence-corrected chi connectivity index (χ0v) is 33.6. The van der Waals surface area contributed by atoms with E-state index in [1.807, 2.05) is 58.8 Å². The molecule has 1 unspecified atom stereocenters. The Morgan fingerprint density at radius 3 is 2.30 bits per heavy atom. The van der Waals surface area contributed by atoms with Crippen molar-refractivity contribution >= 4 is 0 Å². The van der Waals surface area contributed by atoms with E-state index in [0.717, 1.165) is 63.7 Å². The van der Waals surface area contributed by atoms with Crippen LogP contribution in [0.3, 0.4) is 0 Å². The van der Waals surface area contributed by atoms with Gasteiger partial charge >= 0.3 is 6.18 Å². The van der Waals surface area contributed by atoms with Crippen molar-refractivity contribution in [3.63, 3.8) is 0 Å². The molecule has 0 saturated heterocycles. The first-order valence-corrected chi connectivity index (χ1v) is 16.6. The number of aromatic nitrogens is 2. The Hall–Kier alpha value is -2.07.